The third-order valence-electron chi connectivity index (χ3n) is 5.70. The molecule has 172 valence electrons. The number of pyridine rings is 4. The van der Waals surface area contributed by atoms with Crippen molar-refractivity contribution in [2.75, 3.05) is 14.1 Å². The highest BCUT2D eigenvalue weighted by atomic mass is 19.1. The zero-order chi connectivity index (χ0) is 23.9. The number of hydrogen-bond acceptors (Lipinski definition) is 7. The minimum atomic E-state index is -0.485. The average molecular weight is 465 g/mol. The molecule has 0 aromatic carbocycles. The first-order chi connectivity index (χ1) is 17.1. The number of aromatic nitrogens is 8. The Balaban J connectivity index is 1.49. The van der Waals surface area contributed by atoms with Gasteiger partial charge in [-0.15, -0.1) is 0 Å². The molecule has 0 bridgehead atoms. The van der Waals surface area contributed by atoms with E-state index in [9.17, 15) is 0 Å². The monoisotopic (exact) mass is 465 g/mol. The summed E-state index contributed by atoms with van der Waals surface area (Å²) in [5, 5.41) is 7.54. The van der Waals surface area contributed by atoms with E-state index in [-0.39, 0.29) is 5.69 Å². The molecule has 9 nitrogen and oxygen atoms in total. The van der Waals surface area contributed by atoms with Crippen LogP contribution in [0.25, 0.3) is 55.8 Å². The fourth-order valence-electron chi connectivity index (χ4n) is 4.20. The number of rotatable bonds is 5. The zero-order valence-electron chi connectivity index (χ0n) is 19.0. The van der Waals surface area contributed by atoms with E-state index < -0.39 is 5.82 Å². The standard InChI is InChI=1S/C25H20FN9/c1-35(2)13-14-6-16(9-28-7-14)22-21(26)20-18(12-30-22)33-34-24(20)25-31-19-11-29-10-17(23(19)32-25)15-4-3-5-27-8-15/h3-12H,13H2,1-2H3,(H,31,32)(H,33,34). The van der Waals surface area contributed by atoms with Gasteiger partial charge in [0.1, 0.15) is 16.9 Å². The van der Waals surface area contributed by atoms with Crippen LogP contribution < -0.4 is 0 Å². The molecule has 0 spiro atoms. The Morgan fingerprint density at radius 2 is 1.77 bits per heavy atom. The molecule has 10 heteroatoms. The quantitative estimate of drug-likeness (QED) is 0.392. The fraction of sp³-hybridized carbons (Fsp3) is 0.120. The first-order valence-electron chi connectivity index (χ1n) is 10.9. The van der Waals surface area contributed by atoms with Crippen molar-refractivity contribution in [2.45, 2.75) is 6.54 Å². The van der Waals surface area contributed by atoms with Gasteiger partial charge in [-0.05, 0) is 31.8 Å². The van der Waals surface area contributed by atoms with Gasteiger partial charge in [-0.25, -0.2) is 9.37 Å². The van der Waals surface area contributed by atoms with E-state index in [1.807, 2.05) is 37.2 Å². The number of nitrogens with zero attached hydrogens (tertiary/aromatic N) is 7. The van der Waals surface area contributed by atoms with Gasteiger partial charge < -0.3 is 9.88 Å². The van der Waals surface area contributed by atoms with Gasteiger partial charge in [-0.1, -0.05) is 6.07 Å². The third-order valence-corrected chi connectivity index (χ3v) is 5.70. The molecule has 6 aromatic heterocycles. The molecule has 0 aliphatic carbocycles. The number of H-pyrrole nitrogens is 2. The molecule has 6 heterocycles. The summed E-state index contributed by atoms with van der Waals surface area (Å²) < 4.78 is 15.9. The summed E-state index contributed by atoms with van der Waals surface area (Å²) in [4.78, 5) is 27.2. The van der Waals surface area contributed by atoms with Crippen LogP contribution in [0.4, 0.5) is 4.39 Å². The van der Waals surface area contributed by atoms with E-state index in [0.29, 0.717) is 45.6 Å². The second-order valence-electron chi connectivity index (χ2n) is 8.51. The Hall–Kier alpha value is -4.57. The molecule has 0 radical (unpaired) electrons. The summed E-state index contributed by atoms with van der Waals surface area (Å²) in [7, 11) is 3.94. The molecular weight excluding hydrogens is 445 g/mol. The van der Waals surface area contributed by atoms with E-state index in [2.05, 4.69) is 35.1 Å². The highest BCUT2D eigenvalue weighted by molar-refractivity contribution is 5.97. The molecule has 0 saturated carbocycles. The Morgan fingerprint density at radius 1 is 0.914 bits per heavy atom. The van der Waals surface area contributed by atoms with Crippen LogP contribution in [0, 0.1) is 5.82 Å². The molecule has 6 aromatic rings. The van der Waals surface area contributed by atoms with Gasteiger partial charge in [0.15, 0.2) is 11.6 Å². The number of fused-ring (bicyclic) bond motifs is 2. The Bertz CT molecular complexity index is 1670. The lowest BCUT2D eigenvalue weighted by atomic mass is 10.1. The van der Waals surface area contributed by atoms with E-state index in [4.69, 9.17) is 4.98 Å². The van der Waals surface area contributed by atoms with Gasteiger partial charge in [0.05, 0.1) is 28.8 Å². The molecule has 6 rings (SSSR count). The largest absolute Gasteiger partial charge is 0.335 e. The molecule has 35 heavy (non-hydrogen) atoms. The van der Waals surface area contributed by atoms with Gasteiger partial charge in [0, 0.05) is 54.2 Å². The third kappa shape index (κ3) is 3.69. The molecular formula is C25H20FN9. The van der Waals surface area contributed by atoms with Crippen LogP contribution in [0.15, 0.2) is 61.6 Å². The first kappa shape index (κ1) is 21.0. The number of aromatic amines is 2. The predicted octanol–water partition coefficient (Wildman–Crippen LogP) is 4.22. The normalized spacial score (nSPS) is 11.7. The summed E-state index contributed by atoms with van der Waals surface area (Å²) in [5.41, 5.74) is 5.75. The molecule has 0 fully saturated rings. The van der Waals surface area contributed by atoms with Gasteiger partial charge in [-0.2, -0.15) is 5.10 Å². The highest BCUT2D eigenvalue weighted by Crippen LogP contribution is 2.34. The van der Waals surface area contributed by atoms with Crippen molar-refractivity contribution >= 4 is 21.9 Å². The minimum absolute atomic E-state index is 0.210. The minimum Gasteiger partial charge on any atom is -0.335 e. The van der Waals surface area contributed by atoms with Crippen LogP contribution in [-0.4, -0.2) is 59.1 Å². The summed E-state index contributed by atoms with van der Waals surface area (Å²) in [6.45, 7) is 0.688. The van der Waals surface area contributed by atoms with Crippen molar-refractivity contribution in [1.82, 2.24) is 45.0 Å². The lowest BCUT2D eigenvalue weighted by molar-refractivity contribution is 0.402. The number of imidazole rings is 1. The maximum Gasteiger partial charge on any atom is 0.161 e. The molecule has 0 aliphatic rings. The summed E-state index contributed by atoms with van der Waals surface area (Å²) >= 11 is 0. The maximum atomic E-state index is 15.9. The number of nitrogens with one attached hydrogen (secondary N) is 2. The van der Waals surface area contributed by atoms with Crippen molar-refractivity contribution in [1.29, 1.82) is 0 Å². The van der Waals surface area contributed by atoms with Crippen molar-refractivity contribution in [3.63, 3.8) is 0 Å². The smallest absolute Gasteiger partial charge is 0.161 e. The van der Waals surface area contributed by atoms with Gasteiger partial charge in [0.25, 0.3) is 0 Å². The fourth-order valence-corrected chi connectivity index (χ4v) is 4.20. The van der Waals surface area contributed by atoms with Crippen LogP contribution in [-0.2, 0) is 6.54 Å². The first-order valence-corrected chi connectivity index (χ1v) is 10.9. The molecule has 0 unspecified atom stereocenters. The van der Waals surface area contributed by atoms with Crippen LogP contribution in [0.3, 0.4) is 0 Å². The van der Waals surface area contributed by atoms with Gasteiger partial charge >= 0.3 is 0 Å². The van der Waals surface area contributed by atoms with E-state index in [1.165, 1.54) is 0 Å². The van der Waals surface area contributed by atoms with E-state index >= 15 is 4.39 Å². The second kappa shape index (κ2) is 8.33. The van der Waals surface area contributed by atoms with Crippen molar-refractivity contribution in [3.05, 3.63) is 73.0 Å². The Kier molecular flexibility index (Phi) is 5.00. The van der Waals surface area contributed by atoms with Crippen LogP contribution in [0.2, 0.25) is 0 Å². The number of halogens is 1. The van der Waals surface area contributed by atoms with Crippen molar-refractivity contribution in [3.8, 4) is 33.9 Å². The van der Waals surface area contributed by atoms with E-state index in [0.717, 1.165) is 16.7 Å². The van der Waals surface area contributed by atoms with Gasteiger partial charge in [-0.3, -0.25) is 25.0 Å². The highest BCUT2D eigenvalue weighted by Gasteiger charge is 2.21. The topological polar surface area (TPSA) is 112 Å². The number of hydrogen-bond donors (Lipinski definition) is 2. The zero-order valence-corrected chi connectivity index (χ0v) is 19.0. The molecule has 0 atom stereocenters. The van der Waals surface area contributed by atoms with Crippen molar-refractivity contribution < 1.29 is 4.39 Å². The Labute approximate surface area is 199 Å². The van der Waals surface area contributed by atoms with E-state index in [1.54, 1.807) is 43.4 Å². The maximum absolute atomic E-state index is 15.9. The average Bonchev–Trinajstić information content (AvgIpc) is 3.49. The summed E-state index contributed by atoms with van der Waals surface area (Å²) in [6, 6.07) is 5.70. The summed E-state index contributed by atoms with van der Waals surface area (Å²) in [5.74, 6) is -0.0546. The molecule has 2 N–H and O–H groups in total. The predicted molar refractivity (Wildman–Crippen MR) is 131 cm³/mol. The molecule has 0 saturated heterocycles. The summed E-state index contributed by atoms with van der Waals surface area (Å²) in [6.07, 6.45) is 11.9. The van der Waals surface area contributed by atoms with Crippen LogP contribution in [0.1, 0.15) is 5.56 Å². The lowest BCUT2D eigenvalue weighted by Gasteiger charge is -2.10. The van der Waals surface area contributed by atoms with Crippen LogP contribution >= 0.6 is 0 Å². The van der Waals surface area contributed by atoms with Crippen molar-refractivity contribution in [2.24, 2.45) is 0 Å². The molecule has 0 aliphatic heterocycles. The van der Waals surface area contributed by atoms with Gasteiger partial charge in [0.2, 0.25) is 0 Å². The SMILES string of the molecule is CN(C)Cc1cncc(-c2ncc3[nH]nc(-c4nc5c(-c6cccnc6)cncc5[nH]4)c3c2F)c1. The lowest BCUT2D eigenvalue weighted by Crippen LogP contribution is -2.10. The van der Waals surface area contributed by atoms with Crippen LogP contribution in [0.5, 0.6) is 0 Å². The molecule has 0 amide bonds. The second-order valence-corrected chi connectivity index (χ2v) is 8.51. The Morgan fingerprint density at radius 3 is 2.60 bits per heavy atom.